The second kappa shape index (κ2) is 9.07. The molecule has 4 rings (SSSR count). The molecule has 0 aliphatic carbocycles. The minimum atomic E-state index is -3.22. The van der Waals surface area contributed by atoms with Crippen molar-refractivity contribution in [3.05, 3.63) is 48.4 Å². The third-order valence-corrected chi connectivity index (χ3v) is 6.76. The molecule has 1 aliphatic heterocycles. The number of fused-ring (bicyclic) bond motifs is 1. The zero-order chi connectivity index (χ0) is 21.0. The van der Waals surface area contributed by atoms with Crippen LogP contribution in [0.2, 0.25) is 0 Å². The summed E-state index contributed by atoms with van der Waals surface area (Å²) in [6.45, 7) is 6.99. The highest BCUT2D eigenvalue weighted by Gasteiger charge is 2.21. The van der Waals surface area contributed by atoms with Crippen molar-refractivity contribution < 1.29 is 8.42 Å². The first-order valence-corrected chi connectivity index (χ1v) is 11.9. The number of rotatable bonds is 8. The van der Waals surface area contributed by atoms with Crippen molar-refractivity contribution in [2.45, 2.75) is 20.0 Å². The highest BCUT2D eigenvalue weighted by atomic mass is 32.2. The molecule has 2 aromatic heterocycles. The molecule has 3 heterocycles. The number of benzene rings is 1. The topological polar surface area (TPSA) is 96.2 Å². The molecule has 9 nitrogen and oxygen atoms in total. The molecule has 0 saturated carbocycles. The van der Waals surface area contributed by atoms with Gasteiger partial charge < -0.3 is 4.90 Å². The molecule has 0 amide bonds. The molecule has 10 heteroatoms. The standard InChI is InChI=1S/C20H27N7O2S/c1-2-30(28,29)24-8-9-27-20-18(14-23-27)19(21-16-22-20)26-12-10-25(11-13-26)15-17-6-4-3-5-7-17/h3-7,14,16,24H,2,8-13,15H2,1H3. The monoisotopic (exact) mass is 429 g/mol. The molecular weight excluding hydrogens is 402 g/mol. The van der Waals surface area contributed by atoms with Crippen molar-refractivity contribution in [3.63, 3.8) is 0 Å². The third-order valence-electron chi connectivity index (χ3n) is 5.36. The third kappa shape index (κ3) is 4.77. The summed E-state index contributed by atoms with van der Waals surface area (Å²) in [5, 5.41) is 5.30. The average molecular weight is 430 g/mol. The molecule has 1 aromatic carbocycles. The van der Waals surface area contributed by atoms with Crippen LogP contribution in [0.25, 0.3) is 11.0 Å². The molecule has 1 N–H and O–H groups in total. The van der Waals surface area contributed by atoms with Crippen molar-refractivity contribution in [2.24, 2.45) is 0 Å². The Morgan fingerprint density at radius 2 is 1.83 bits per heavy atom. The minimum Gasteiger partial charge on any atom is -0.353 e. The molecule has 1 aliphatic rings. The van der Waals surface area contributed by atoms with Gasteiger partial charge in [-0.3, -0.25) is 4.90 Å². The SMILES string of the molecule is CCS(=O)(=O)NCCn1ncc2c(N3CCN(Cc4ccccc4)CC3)ncnc21. The van der Waals surface area contributed by atoms with Crippen molar-refractivity contribution >= 4 is 26.9 Å². The molecular formula is C20H27N7O2S. The van der Waals surface area contributed by atoms with Crippen LogP contribution in [-0.2, 0) is 23.1 Å². The number of hydrogen-bond acceptors (Lipinski definition) is 7. The second-order valence-electron chi connectivity index (χ2n) is 7.35. The fourth-order valence-corrected chi connectivity index (χ4v) is 4.27. The summed E-state index contributed by atoms with van der Waals surface area (Å²) in [5.41, 5.74) is 2.05. The van der Waals surface area contributed by atoms with E-state index in [0.717, 1.165) is 49.6 Å². The first kappa shape index (κ1) is 20.7. The summed E-state index contributed by atoms with van der Waals surface area (Å²) in [6, 6.07) is 10.5. The molecule has 160 valence electrons. The summed E-state index contributed by atoms with van der Waals surface area (Å²) < 4.78 is 27.5. The molecule has 0 atom stereocenters. The number of aromatic nitrogens is 4. The van der Waals surface area contributed by atoms with Gasteiger partial charge in [0.1, 0.15) is 12.1 Å². The predicted octanol–water partition coefficient (Wildman–Crippen LogP) is 1.09. The van der Waals surface area contributed by atoms with Gasteiger partial charge in [-0.05, 0) is 12.5 Å². The first-order valence-electron chi connectivity index (χ1n) is 10.2. The van der Waals surface area contributed by atoms with Gasteiger partial charge in [0.05, 0.1) is 23.9 Å². The van der Waals surface area contributed by atoms with Crippen molar-refractivity contribution in [1.82, 2.24) is 29.4 Å². The van der Waals surface area contributed by atoms with Gasteiger partial charge in [-0.1, -0.05) is 30.3 Å². The van der Waals surface area contributed by atoms with Crippen LogP contribution in [0, 0.1) is 0 Å². The highest BCUT2D eigenvalue weighted by molar-refractivity contribution is 7.89. The average Bonchev–Trinajstić information content (AvgIpc) is 3.18. The van der Waals surface area contributed by atoms with Crippen LogP contribution in [0.1, 0.15) is 12.5 Å². The minimum absolute atomic E-state index is 0.0649. The normalized spacial score (nSPS) is 15.7. The molecule has 0 unspecified atom stereocenters. The predicted molar refractivity (Wildman–Crippen MR) is 117 cm³/mol. The largest absolute Gasteiger partial charge is 0.353 e. The first-order chi connectivity index (χ1) is 14.6. The number of nitrogens with one attached hydrogen (secondary N) is 1. The van der Waals surface area contributed by atoms with Gasteiger partial charge in [-0.2, -0.15) is 5.10 Å². The molecule has 0 radical (unpaired) electrons. The van der Waals surface area contributed by atoms with E-state index in [9.17, 15) is 8.42 Å². The molecule has 30 heavy (non-hydrogen) atoms. The molecule has 3 aromatic rings. The van der Waals surface area contributed by atoms with Gasteiger partial charge in [0.25, 0.3) is 0 Å². The Kier molecular flexibility index (Phi) is 6.26. The number of hydrogen-bond donors (Lipinski definition) is 1. The van der Waals surface area contributed by atoms with E-state index in [0.29, 0.717) is 6.54 Å². The van der Waals surface area contributed by atoms with Crippen LogP contribution in [0.3, 0.4) is 0 Å². The Labute approximate surface area is 176 Å². The van der Waals surface area contributed by atoms with E-state index in [1.807, 2.05) is 6.07 Å². The van der Waals surface area contributed by atoms with E-state index in [1.54, 1.807) is 24.1 Å². The Balaban J connectivity index is 1.41. The van der Waals surface area contributed by atoms with E-state index in [-0.39, 0.29) is 12.3 Å². The second-order valence-corrected chi connectivity index (χ2v) is 9.44. The molecule has 1 fully saturated rings. The Morgan fingerprint density at radius 1 is 1.07 bits per heavy atom. The molecule has 1 saturated heterocycles. The summed E-state index contributed by atoms with van der Waals surface area (Å²) >= 11 is 0. The van der Waals surface area contributed by atoms with Gasteiger partial charge in [0, 0.05) is 39.3 Å². The summed E-state index contributed by atoms with van der Waals surface area (Å²) in [5.74, 6) is 0.954. The fourth-order valence-electron chi connectivity index (χ4n) is 3.66. The zero-order valence-electron chi connectivity index (χ0n) is 17.1. The van der Waals surface area contributed by atoms with Crippen LogP contribution >= 0.6 is 0 Å². The number of nitrogens with zero attached hydrogens (tertiary/aromatic N) is 6. The Hall–Kier alpha value is -2.56. The van der Waals surface area contributed by atoms with E-state index < -0.39 is 10.0 Å². The number of anilines is 1. The maximum atomic E-state index is 11.6. The van der Waals surface area contributed by atoms with E-state index in [1.165, 1.54) is 5.56 Å². The lowest BCUT2D eigenvalue weighted by molar-refractivity contribution is 0.249. The van der Waals surface area contributed by atoms with Gasteiger partial charge in [0.15, 0.2) is 5.65 Å². The van der Waals surface area contributed by atoms with E-state index in [4.69, 9.17) is 0 Å². The van der Waals surface area contributed by atoms with Gasteiger partial charge >= 0.3 is 0 Å². The highest BCUT2D eigenvalue weighted by Crippen LogP contribution is 2.24. The quantitative estimate of drug-likeness (QED) is 0.572. The lowest BCUT2D eigenvalue weighted by Gasteiger charge is -2.35. The fraction of sp³-hybridized carbons (Fsp3) is 0.450. The maximum absolute atomic E-state index is 11.6. The van der Waals surface area contributed by atoms with Crippen LogP contribution < -0.4 is 9.62 Å². The maximum Gasteiger partial charge on any atom is 0.211 e. The van der Waals surface area contributed by atoms with Gasteiger partial charge in [-0.15, -0.1) is 0 Å². The van der Waals surface area contributed by atoms with Crippen LogP contribution in [0.5, 0.6) is 0 Å². The smallest absolute Gasteiger partial charge is 0.211 e. The van der Waals surface area contributed by atoms with Crippen LogP contribution in [-0.4, -0.2) is 71.5 Å². The summed E-state index contributed by atoms with van der Waals surface area (Å²) in [6.07, 6.45) is 3.33. The number of piperazine rings is 1. The molecule has 0 bridgehead atoms. The number of sulfonamides is 1. The van der Waals surface area contributed by atoms with Crippen molar-refractivity contribution in [2.75, 3.05) is 43.4 Å². The van der Waals surface area contributed by atoms with Crippen LogP contribution in [0.15, 0.2) is 42.9 Å². The van der Waals surface area contributed by atoms with E-state index >= 15 is 0 Å². The van der Waals surface area contributed by atoms with E-state index in [2.05, 4.69) is 53.9 Å². The van der Waals surface area contributed by atoms with Crippen molar-refractivity contribution in [1.29, 1.82) is 0 Å². The van der Waals surface area contributed by atoms with Gasteiger partial charge in [0.2, 0.25) is 10.0 Å². The Bertz CT molecular complexity index is 1080. The summed E-state index contributed by atoms with van der Waals surface area (Å²) in [7, 11) is -3.22. The summed E-state index contributed by atoms with van der Waals surface area (Å²) in [4.78, 5) is 13.6. The molecule has 0 spiro atoms. The zero-order valence-corrected chi connectivity index (χ0v) is 17.9. The van der Waals surface area contributed by atoms with Crippen LogP contribution in [0.4, 0.5) is 5.82 Å². The Morgan fingerprint density at radius 3 is 2.57 bits per heavy atom. The lowest BCUT2D eigenvalue weighted by Crippen LogP contribution is -2.46. The van der Waals surface area contributed by atoms with Gasteiger partial charge in [-0.25, -0.2) is 27.8 Å². The lowest BCUT2D eigenvalue weighted by atomic mass is 10.2. The van der Waals surface area contributed by atoms with Crippen molar-refractivity contribution in [3.8, 4) is 0 Å².